The highest BCUT2D eigenvalue weighted by molar-refractivity contribution is 4.92. The second-order valence-electron chi connectivity index (χ2n) is 4.93. The highest BCUT2D eigenvalue weighted by Crippen LogP contribution is 2.10. The van der Waals surface area contributed by atoms with Gasteiger partial charge in [-0.15, -0.1) is 0 Å². The number of hydrogen-bond acceptors (Lipinski definition) is 2. The van der Waals surface area contributed by atoms with Gasteiger partial charge in [-0.05, 0) is 12.3 Å². The van der Waals surface area contributed by atoms with Crippen LogP contribution < -0.4 is 5.32 Å². The largest absolute Gasteiger partial charge is 0.334 e. The molecule has 1 aromatic rings. The Bertz CT molecular complexity index is 291. The molecule has 0 aromatic carbocycles. The van der Waals surface area contributed by atoms with Crippen molar-refractivity contribution in [3.8, 4) is 0 Å². The van der Waals surface area contributed by atoms with E-state index in [0.717, 1.165) is 24.8 Å². The second kappa shape index (κ2) is 6.69. The monoisotopic (exact) mass is 223 g/mol. The van der Waals surface area contributed by atoms with Gasteiger partial charge in [-0.25, -0.2) is 4.98 Å². The fraction of sp³-hybridized carbons (Fsp3) is 0.769. The lowest BCUT2D eigenvalue weighted by Crippen LogP contribution is -2.24. The Morgan fingerprint density at radius 3 is 2.75 bits per heavy atom. The van der Waals surface area contributed by atoms with Gasteiger partial charge in [0.15, 0.2) is 0 Å². The minimum Gasteiger partial charge on any atom is -0.334 e. The third-order valence-corrected chi connectivity index (χ3v) is 2.76. The normalized spacial score (nSPS) is 13.3. The van der Waals surface area contributed by atoms with Crippen LogP contribution in [0.1, 0.15) is 46.4 Å². The van der Waals surface area contributed by atoms with Gasteiger partial charge in [0.2, 0.25) is 0 Å². The first kappa shape index (κ1) is 13.2. The van der Waals surface area contributed by atoms with Gasteiger partial charge in [0, 0.05) is 25.0 Å². The summed E-state index contributed by atoms with van der Waals surface area (Å²) in [6, 6.07) is 0.512. The molecule has 1 rings (SSSR count). The highest BCUT2D eigenvalue weighted by Gasteiger charge is 2.07. The van der Waals surface area contributed by atoms with E-state index in [-0.39, 0.29) is 0 Å². The van der Waals surface area contributed by atoms with E-state index in [4.69, 9.17) is 0 Å². The van der Waals surface area contributed by atoms with E-state index in [0.29, 0.717) is 6.04 Å². The van der Waals surface area contributed by atoms with E-state index in [1.807, 2.05) is 6.20 Å². The summed E-state index contributed by atoms with van der Waals surface area (Å²) >= 11 is 0. The van der Waals surface area contributed by atoms with Crippen LogP contribution in [0.4, 0.5) is 0 Å². The molecule has 1 atom stereocenters. The maximum atomic E-state index is 4.40. The van der Waals surface area contributed by atoms with E-state index in [1.165, 1.54) is 12.8 Å². The minimum atomic E-state index is 0.512. The number of hydrogen-bond donors (Lipinski definition) is 1. The van der Waals surface area contributed by atoms with Crippen LogP contribution in [0.5, 0.6) is 0 Å². The Morgan fingerprint density at radius 1 is 1.38 bits per heavy atom. The quantitative estimate of drug-likeness (QED) is 0.770. The first-order valence-corrected chi connectivity index (χ1v) is 6.36. The van der Waals surface area contributed by atoms with Crippen LogP contribution >= 0.6 is 0 Å². The summed E-state index contributed by atoms with van der Waals surface area (Å²) in [6.45, 7) is 10.8. The predicted molar refractivity (Wildman–Crippen MR) is 68.3 cm³/mol. The van der Waals surface area contributed by atoms with Gasteiger partial charge in [0.1, 0.15) is 5.82 Å². The lowest BCUT2D eigenvalue weighted by Gasteiger charge is -2.14. The molecule has 1 aromatic heterocycles. The summed E-state index contributed by atoms with van der Waals surface area (Å²) in [6.07, 6.45) is 6.53. The Kier molecular flexibility index (Phi) is 5.53. The average molecular weight is 223 g/mol. The highest BCUT2D eigenvalue weighted by atomic mass is 15.1. The number of imidazole rings is 1. The maximum Gasteiger partial charge on any atom is 0.122 e. The van der Waals surface area contributed by atoms with E-state index in [2.05, 4.69) is 48.8 Å². The molecule has 16 heavy (non-hydrogen) atoms. The molecule has 0 bridgehead atoms. The molecule has 0 aliphatic carbocycles. The van der Waals surface area contributed by atoms with Crippen molar-refractivity contribution in [3.63, 3.8) is 0 Å². The zero-order chi connectivity index (χ0) is 12.0. The van der Waals surface area contributed by atoms with Crippen molar-refractivity contribution in [1.29, 1.82) is 0 Å². The van der Waals surface area contributed by atoms with Gasteiger partial charge in [0.25, 0.3) is 0 Å². The maximum absolute atomic E-state index is 4.40. The Hall–Kier alpha value is -0.830. The molecule has 1 heterocycles. The molecule has 3 nitrogen and oxygen atoms in total. The standard InChI is InChI=1S/C13H25N3/c1-5-6-12(4)10-16-8-7-14-13(16)9-15-11(2)3/h7-8,11-12,15H,5-6,9-10H2,1-4H3. The fourth-order valence-electron chi connectivity index (χ4n) is 1.89. The molecule has 0 aliphatic rings. The van der Waals surface area contributed by atoms with Crippen LogP contribution in [0.3, 0.4) is 0 Å². The number of nitrogens with one attached hydrogen (secondary N) is 1. The molecule has 0 amide bonds. The van der Waals surface area contributed by atoms with Gasteiger partial charge in [-0.2, -0.15) is 0 Å². The predicted octanol–water partition coefficient (Wildman–Crippen LogP) is 2.82. The second-order valence-corrected chi connectivity index (χ2v) is 4.93. The van der Waals surface area contributed by atoms with Crippen molar-refractivity contribution < 1.29 is 0 Å². The lowest BCUT2D eigenvalue weighted by atomic mass is 10.1. The molecule has 0 aliphatic heterocycles. The smallest absolute Gasteiger partial charge is 0.122 e. The lowest BCUT2D eigenvalue weighted by molar-refractivity contribution is 0.429. The van der Waals surface area contributed by atoms with Gasteiger partial charge >= 0.3 is 0 Å². The van der Waals surface area contributed by atoms with Crippen LogP contribution in [0.15, 0.2) is 12.4 Å². The average Bonchev–Trinajstić information content (AvgIpc) is 2.62. The summed E-state index contributed by atoms with van der Waals surface area (Å²) in [4.78, 5) is 4.40. The number of aromatic nitrogens is 2. The molecule has 0 saturated carbocycles. The molecule has 3 heteroatoms. The van der Waals surface area contributed by atoms with Crippen molar-refractivity contribution in [2.24, 2.45) is 5.92 Å². The van der Waals surface area contributed by atoms with Gasteiger partial charge in [-0.3, -0.25) is 0 Å². The van der Waals surface area contributed by atoms with E-state index < -0.39 is 0 Å². The van der Waals surface area contributed by atoms with Crippen molar-refractivity contribution >= 4 is 0 Å². The molecule has 92 valence electrons. The van der Waals surface area contributed by atoms with Crippen LogP contribution in [0.2, 0.25) is 0 Å². The topological polar surface area (TPSA) is 29.9 Å². The first-order valence-electron chi connectivity index (χ1n) is 6.36. The molecular weight excluding hydrogens is 198 g/mol. The zero-order valence-corrected chi connectivity index (χ0v) is 11.0. The van der Waals surface area contributed by atoms with Crippen molar-refractivity contribution in [2.75, 3.05) is 0 Å². The third kappa shape index (κ3) is 4.35. The Balaban J connectivity index is 2.49. The van der Waals surface area contributed by atoms with Gasteiger partial charge in [-0.1, -0.05) is 34.1 Å². The molecule has 0 saturated heterocycles. The molecule has 1 unspecified atom stereocenters. The van der Waals surface area contributed by atoms with Crippen molar-refractivity contribution in [2.45, 2.75) is 59.7 Å². The number of rotatable bonds is 7. The van der Waals surface area contributed by atoms with Crippen LogP contribution in [0.25, 0.3) is 0 Å². The summed E-state index contributed by atoms with van der Waals surface area (Å²) in [7, 11) is 0. The van der Waals surface area contributed by atoms with E-state index in [1.54, 1.807) is 0 Å². The summed E-state index contributed by atoms with van der Waals surface area (Å²) < 4.78 is 2.27. The minimum absolute atomic E-state index is 0.512. The Labute approximate surface area is 99.3 Å². The zero-order valence-electron chi connectivity index (χ0n) is 11.0. The molecular formula is C13H25N3. The van der Waals surface area contributed by atoms with Crippen molar-refractivity contribution in [3.05, 3.63) is 18.2 Å². The number of nitrogens with zero attached hydrogens (tertiary/aromatic N) is 2. The van der Waals surface area contributed by atoms with Crippen molar-refractivity contribution in [1.82, 2.24) is 14.9 Å². The fourth-order valence-corrected chi connectivity index (χ4v) is 1.89. The first-order chi connectivity index (χ1) is 7.63. The van der Waals surface area contributed by atoms with Crippen LogP contribution in [0, 0.1) is 5.92 Å². The van der Waals surface area contributed by atoms with Crippen LogP contribution in [-0.2, 0) is 13.1 Å². The summed E-state index contributed by atoms with van der Waals surface area (Å²) in [5.41, 5.74) is 0. The Morgan fingerprint density at radius 2 is 2.12 bits per heavy atom. The third-order valence-electron chi connectivity index (χ3n) is 2.76. The van der Waals surface area contributed by atoms with E-state index >= 15 is 0 Å². The van der Waals surface area contributed by atoms with Gasteiger partial charge in [0.05, 0.1) is 6.54 Å². The van der Waals surface area contributed by atoms with Crippen LogP contribution in [-0.4, -0.2) is 15.6 Å². The SMILES string of the molecule is CCCC(C)Cn1ccnc1CNC(C)C. The molecule has 0 fully saturated rings. The van der Waals surface area contributed by atoms with E-state index in [9.17, 15) is 0 Å². The summed E-state index contributed by atoms with van der Waals surface area (Å²) in [5.74, 6) is 1.88. The van der Waals surface area contributed by atoms with Gasteiger partial charge < -0.3 is 9.88 Å². The molecule has 0 radical (unpaired) electrons. The summed E-state index contributed by atoms with van der Waals surface area (Å²) in [5, 5.41) is 3.41. The molecule has 1 N–H and O–H groups in total. The molecule has 0 spiro atoms.